The first-order chi connectivity index (χ1) is 9.11. The van der Waals surface area contributed by atoms with Crippen LogP contribution in [0.1, 0.15) is 31.2 Å². The molecule has 0 amide bonds. The van der Waals surface area contributed by atoms with Crippen LogP contribution in [0.15, 0.2) is 45.5 Å². The monoisotopic (exact) mass is 323 g/mol. The molecule has 0 spiro atoms. The summed E-state index contributed by atoms with van der Waals surface area (Å²) >= 11 is 3.50. The number of benzene rings is 1. The molecule has 102 valence electrons. The van der Waals surface area contributed by atoms with Crippen molar-refractivity contribution in [2.75, 3.05) is 7.05 Å². The van der Waals surface area contributed by atoms with Gasteiger partial charge in [-0.2, -0.15) is 0 Å². The summed E-state index contributed by atoms with van der Waals surface area (Å²) < 4.78 is 12.2. The van der Waals surface area contributed by atoms with Crippen LogP contribution in [0.3, 0.4) is 0 Å². The van der Waals surface area contributed by atoms with Gasteiger partial charge in [0.1, 0.15) is 11.5 Å². The second kappa shape index (κ2) is 6.26. The molecule has 1 aromatic heterocycles. The molecule has 1 aromatic carbocycles. The number of hydrogen-bond donors (Lipinski definition) is 1. The third-order valence-corrected chi connectivity index (χ3v) is 3.41. The van der Waals surface area contributed by atoms with E-state index in [1.807, 2.05) is 45.2 Å². The molecule has 1 N–H and O–H groups in total. The topological polar surface area (TPSA) is 34.4 Å². The van der Waals surface area contributed by atoms with E-state index in [9.17, 15) is 0 Å². The maximum Gasteiger partial charge on any atom is 0.139 e. The van der Waals surface area contributed by atoms with Crippen molar-refractivity contribution in [3.05, 3.63) is 52.4 Å². The molecule has 0 saturated carbocycles. The summed E-state index contributed by atoms with van der Waals surface area (Å²) in [5.74, 6) is 1.74. The average molecular weight is 324 g/mol. The van der Waals surface area contributed by atoms with Gasteiger partial charge in [-0.1, -0.05) is 12.1 Å². The van der Waals surface area contributed by atoms with Crippen molar-refractivity contribution in [3.8, 4) is 5.75 Å². The largest absolute Gasteiger partial charge is 0.491 e. The maximum atomic E-state index is 5.73. The van der Waals surface area contributed by atoms with Crippen LogP contribution in [0.2, 0.25) is 0 Å². The number of nitrogens with one attached hydrogen (secondary N) is 1. The zero-order chi connectivity index (χ0) is 13.8. The second-order valence-corrected chi connectivity index (χ2v) is 5.45. The predicted octanol–water partition coefficient (Wildman–Crippen LogP) is 4.14. The minimum atomic E-state index is 0.0000808. The Bertz CT molecular complexity index is 536. The smallest absolute Gasteiger partial charge is 0.139 e. The van der Waals surface area contributed by atoms with E-state index in [-0.39, 0.29) is 12.1 Å². The Hall–Kier alpha value is -1.26. The predicted molar refractivity (Wildman–Crippen MR) is 79.5 cm³/mol. The van der Waals surface area contributed by atoms with E-state index in [1.54, 1.807) is 6.26 Å². The van der Waals surface area contributed by atoms with E-state index in [2.05, 4.69) is 27.3 Å². The summed E-state index contributed by atoms with van der Waals surface area (Å²) in [6, 6.07) is 9.95. The summed E-state index contributed by atoms with van der Waals surface area (Å²) in [5.41, 5.74) is 1.11. The quantitative estimate of drug-likeness (QED) is 0.898. The fourth-order valence-corrected chi connectivity index (χ4v) is 2.43. The molecule has 0 saturated heterocycles. The van der Waals surface area contributed by atoms with E-state index in [0.29, 0.717) is 0 Å². The summed E-state index contributed by atoms with van der Waals surface area (Å²) in [6.07, 6.45) is 1.84. The molecule has 0 aliphatic carbocycles. The van der Waals surface area contributed by atoms with Crippen molar-refractivity contribution in [1.82, 2.24) is 5.32 Å². The van der Waals surface area contributed by atoms with Gasteiger partial charge < -0.3 is 14.5 Å². The van der Waals surface area contributed by atoms with E-state index in [4.69, 9.17) is 9.15 Å². The van der Waals surface area contributed by atoms with Crippen LogP contribution in [0.4, 0.5) is 0 Å². The van der Waals surface area contributed by atoms with Gasteiger partial charge in [0.15, 0.2) is 0 Å². The van der Waals surface area contributed by atoms with E-state index < -0.39 is 0 Å². The van der Waals surface area contributed by atoms with Crippen molar-refractivity contribution in [2.24, 2.45) is 0 Å². The van der Waals surface area contributed by atoms with Gasteiger partial charge in [-0.25, -0.2) is 0 Å². The number of furan rings is 1. The molecule has 0 radical (unpaired) electrons. The maximum absolute atomic E-state index is 5.73. The van der Waals surface area contributed by atoms with Gasteiger partial charge in [-0.3, -0.25) is 0 Å². The van der Waals surface area contributed by atoms with Crippen LogP contribution >= 0.6 is 15.9 Å². The van der Waals surface area contributed by atoms with E-state index >= 15 is 0 Å². The molecule has 2 rings (SSSR count). The van der Waals surface area contributed by atoms with Gasteiger partial charge in [0.25, 0.3) is 0 Å². The fraction of sp³-hybridized carbons (Fsp3) is 0.333. The molecule has 19 heavy (non-hydrogen) atoms. The SMILES string of the molecule is CNC(c1cccc(OC(C)C)c1)c1occc1Br. The Kier molecular flexibility index (Phi) is 4.66. The molecule has 1 atom stereocenters. The van der Waals surface area contributed by atoms with Crippen molar-refractivity contribution >= 4 is 15.9 Å². The summed E-state index contributed by atoms with van der Waals surface area (Å²) in [7, 11) is 1.91. The van der Waals surface area contributed by atoms with Gasteiger partial charge in [0.05, 0.1) is 22.9 Å². The number of hydrogen-bond acceptors (Lipinski definition) is 3. The highest BCUT2D eigenvalue weighted by Gasteiger charge is 2.18. The molecule has 1 heterocycles. The van der Waals surface area contributed by atoms with Gasteiger partial charge in [0.2, 0.25) is 0 Å². The Morgan fingerprint density at radius 3 is 2.63 bits per heavy atom. The Balaban J connectivity index is 2.31. The first-order valence-corrected chi connectivity index (χ1v) is 7.08. The molecule has 2 aromatic rings. The van der Waals surface area contributed by atoms with Crippen LogP contribution in [-0.4, -0.2) is 13.2 Å². The molecule has 1 unspecified atom stereocenters. The first kappa shape index (κ1) is 14.2. The Morgan fingerprint density at radius 1 is 1.26 bits per heavy atom. The summed E-state index contributed by atoms with van der Waals surface area (Å²) in [5, 5.41) is 3.26. The molecular formula is C15H18BrNO2. The minimum Gasteiger partial charge on any atom is -0.491 e. The molecule has 4 heteroatoms. The van der Waals surface area contributed by atoms with Crippen molar-refractivity contribution in [1.29, 1.82) is 0 Å². The van der Waals surface area contributed by atoms with Crippen LogP contribution < -0.4 is 10.1 Å². The van der Waals surface area contributed by atoms with Gasteiger partial charge in [-0.05, 0) is 60.6 Å². The van der Waals surface area contributed by atoms with Gasteiger partial charge in [0, 0.05) is 0 Å². The van der Waals surface area contributed by atoms with Crippen molar-refractivity contribution in [3.63, 3.8) is 0 Å². The molecule has 3 nitrogen and oxygen atoms in total. The normalized spacial score (nSPS) is 12.7. The van der Waals surface area contributed by atoms with E-state index in [1.165, 1.54) is 0 Å². The van der Waals surface area contributed by atoms with Crippen molar-refractivity contribution < 1.29 is 9.15 Å². The number of rotatable bonds is 5. The van der Waals surface area contributed by atoms with Crippen LogP contribution in [0.25, 0.3) is 0 Å². The molecule has 0 aliphatic rings. The highest BCUT2D eigenvalue weighted by atomic mass is 79.9. The van der Waals surface area contributed by atoms with Crippen molar-refractivity contribution in [2.45, 2.75) is 26.0 Å². The summed E-state index contributed by atoms with van der Waals surface area (Å²) in [4.78, 5) is 0. The van der Waals surface area contributed by atoms with Gasteiger partial charge >= 0.3 is 0 Å². The van der Waals surface area contributed by atoms with E-state index in [0.717, 1.165) is 21.5 Å². The standard InChI is InChI=1S/C15H18BrNO2/c1-10(2)19-12-6-4-5-11(9-12)14(17-3)15-13(16)7-8-18-15/h4-10,14,17H,1-3H3. The number of halogens is 1. The average Bonchev–Trinajstić information content (AvgIpc) is 2.77. The zero-order valence-corrected chi connectivity index (χ0v) is 12.9. The lowest BCUT2D eigenvalue weighted by atomic mass is 10.0. The highest BCUT2D eigenvalue weighted by molar-refractivity contribution is 9.10. The zero-order valence-electron chi connectivity index (χ0n) is 11.3. The molecule has 0 aliphatic heterocycles. The third-order valence-electron chi connectivity index (χ3n) is 2.76. The lowest BCUT2D eigenvalue weighted by Crippen LogP contribution is -2.17. The minimum absolute atomic E-state index is 0.0000808. The molecule has 0 bridgehead atoms. The number of ether oxygens (including phenoxy) is 1. The van der Waals surface area contributed by atoms with Crippen LogP contribution in [0, 0.1) is 0 Å². The third kappa shape index (κ3) is 3.39. The molecule has 0 fully saturated rings. The first-order valence-electron chi connectivity index (χ1n) is 6.28. The molecular weight excluding hydrogens is 306 g/mol. The highest BCUT2D eigenvalue weighted by Crippen LogP contribution is 2.30. The Labute approximate surface area is 122 Å². The lowest BCUT2D eigenvalue weighted by Gasteiger charge is -2.17. The fourth-order valence-electron chi connectivity index (χ4n) is 2.00. The van der Waals surface area contributed by atoms with Crippen LogP contribution in [-0.2, 0) is 0 Å². The van der Waals surface area contributed by atoms with Gasteiger partial charge in [-0.15, -0.1) is 0 Å². The van der Waals surface area contributed by atoms with Crippen LogP contribution in [0.5, 0.6) is 5.75 Å². The second-order valence-electron chi connectivity index (χ2n) is 4.59. The Morgan fingerprint density at radius 2 is 2.05 bits per heavy atom. The summed E-state index contributed by atoms with van der Waals surface area (Å²) in [6.45, 7) is 4.04. The lowest BCUT2D eigenvalue weighted by molar-refractivity contribution is 0.242.